The summed E-state index contributed by atoms with van der Waals surface area (Å²) >= 11 is 0. The van der Waals surface area contributed by atoms with E-state index in [9.17, 15) is 4.79 Å². The Kier molecular flexibility index (Phi) is 4.57. The molecule has 3 rings (SSSR count). The van der Waals surface area contributed by atoms with Crippen LogP contribution >= 0.6 is 0 Å². The summed E-state index contributed by atoms with van der Waals surface area (Å²) in [5, 5.41) is 0. The quantitative estimate of drug-likeness (QED) is 0.837. The van der Waals surface area contributed by atoms with E-state index < -0.39 is 0 Å². The first-order valence-corrected chi connectivity index (χ1v) is 8.15. The number of rotatable bonds is 4. The van der Waals surface area contributed by atoms with Crippen LogP contribution < -0.4 is 0 Å². The molecule has 0 heterocycles. The molecule has 2 aromatic carbocycles. The van der Waals surface area contributed by atoms with E-state index in [0.717, 1.165) is 31.4 Å². The lowest BCUT2D eigenvalue weighted by Gasteiger charge is -2.20. The zero-order valence-corrected chi connectivity index (χ0v) is 13.2. The summed E-state index contributed by atoms with van der Waals surface area (Å²) in [6, 6.07) is 16.6. The van der Waals surface area contributed by atoms with Crippen LogP contribution in [0, 0.1) is 0 Å². The minimum atomic E-state index is 0.129. The number of benzene rings is 2. The molecule has 0 atom stereocenters. The second kappa shape index (κ2) is 6.78. The average Bonchev–Trinajstić information content (AvgIpc) is 2.59. The molecule has 1 aliphatic rings. The van der Waals surface area contributed by atoms with Crippen molar-refractivity contribution in [3.8, 4) is 0 Å². The number of likely N-dealkylation sites (N-methyl/N-ethyl adjacent to an activating group) is 1. The van der Waals surface area contributed by atoms with Crippen LogP contribution in [-0.2, 0) is 19.3 Å². The SMILES string of the molecule is CN(CCc1ccccc1)C(=O)c1ccc2c(c1)CCCC2. The number of fused-ring (bicyclic) bond motifs is 1. The van der Waals surface area contributed by atoms with E-state index in [4.69, 9.17) is 0 Å². The monoisotopic (exact) mass is 293 g/mol. The molecule has 1 amide bonds. The van der Waals surface area contributed by atoms with Crippen LogP contribution in [0.3, 0.4) is 0 Å². The first-order valence-electron chi connectivity index (χ1n) is 8.15. The van der Waals surface area contributed by atoms with E-state index in [0.29, 0.717) is 0 Å². The van der Waals surface area contributed by atoms with Gasteiger partial charge in [-0.25, -0.2) is 0 Å². The first kappa shape index (κ1) is 14.8. The second-order valence-electron chi connectivity index (χ2n) is 6.15. The summed E-state index contributed by atoms with van der Waals surface area (Å²) < 4.78 is 0. The Morgan fingerprint density at radius 2 is 1.73 bits per heavy atom. The highest BCUT2D eigenvalue weighted by Gasteiger charge is 2.15. The number of carbonyl (C=O) groups is 1. The number of nitrogens with zero attached hydrogens (tertiary/aromatic N) is 1. The van der Waals surface area contributed by atoms with Gasteiger partial charge in [-0.3, -0.25) is 4.79 Å². The number of hydrogen-bond donors (Lipinski definition) is 0. The minimum Gasteiger partial charge on any atom is -0.341 e. The molecule has 114 valence electrons. The molecule has 0 aromatic heterocycles. The fourth-order valence-electron chi connectivity index (χ4n) is 3.13. The van der Waals surface area contributed by atoms with Crippen LogP contribution in [0.2, 0.25) is 0 Å². The highest BCUT2D eigenvalue weighted by atomic mass is 16.2. The van der Waals surface area contributed by atoms with Crippen molar-refractivity contribution in [2.45, 2.75) is 32.1 Å². The Morgan fingerprint density at radius 3 is 2.50 bits per heavy atom. The van der Waals surface area contributed by atoms with Gasteiger partial charge in [-0.05, 0) is 60.9 Å². The van der Waals surface area contributed by atoms with Crippen molar-refractivity contribution in [3.05, 3.63) is 70.8 Å². The maximum atomic E-state index is 12.6. The van der Waals surface area contributed by atoms with Gasteiger partial charge in [-0.2, -0.15) is 0 Å². The average molecular weight is 293 g/mol. The van der Waals surface area contributed by atoms with Crippen molar-refractivity contribution in [2.75, 3.05) is 13.6 Å². The van der Waals surface area contributed by atoms with Gasteiger partial charge in [0.15, 0.2) is 0 Å². The van der Waals surface area contributed by atoms with Crippen LogP contribution in [0.5, 0.6) is 0 Å². The van der Waals surface area contributed by atoms with Crippen molar-refractivity contribution in [1.82, 2.24) is 4.90 Å². The van der Waals surface area contributed by atoms with Gasteiger partial charge in [-0.15, -0.1) is 0 Å². The van der Waals surface area contributed by atoms with Gasteiger partial charge < -0.3 is 4.90 Å². The van der Waals surface area contributed by atoms with Crippen LogP contribution in [0.25, 0.3) is 0 Å². The van der Waals surface area contributed by atoms with Gasteiger partial charge in [0.1, 0.15) is 0 Å². The fourth-order valence-corrected chi connectivity index (χ4v) is 3.13. The first-order chi connectivity index (χ1) is 10.7. The van der Waals surface area contributed by atoms with Gasteiger partial charge in [0.05, 0.1) is 0 Å². The third kappa shape index (κ3) is 3.38. The summed E-state index contributed by atoms with van der Waals surface area (Å²) in [4.78, 5) is 14.4. The number of amides is 1. The Bertz CT molecular complexity index is 648. The molecule has 2 aromatic rings. The number of carbonyl (C=O) groups excluding carboxylic acids is 1. The summed E-state index contributed by atoms with van der Waals surface area (Å²) in [5.74, 6) is 0.129. The van der Waals surface area contributed by atoms with E-state index >= 15 is 0 Å². The molecule has 0 aliphatic heterocycles. The molecule has 1 aliphatic carbocycles. The molecular weight excluding hydrogens is 270 g/mol. The summed E-state index contributed by atoms with van der Waals surface area (Å²) in [6.45, 7) is 0.750. The van der Waals surface area contributed by atoms with Crippen molar-refractivity contribution in [1.29, 1.82) is 0 Å². The number of aryl methyl sites for hydroxylation is 2. The zero-order chi connectivity index (χ0) is 15.4. The lowest BCUT2D eigenvalue weighted by atomic mass is 9.90. The zero-order valence-electron chi connectivity index (χ0n) is 13.2. The largest absolute Gasteiger partial charge is 0.341 e. The van der Waals surface area contributed by atoms with Gasteiger partial charge >= 0.3 is 0 Å². The van der Waals surface area contributed by atoms with Gasteiger partial charge in [-0.1, -0.05) is 36.4 Å². The highest BCUT2D eigenvalue weighted by Crippen LogP contribution is 2.22. The molecule has 0 saturated carbocycles. The summed E-state index contributed by atoms with van der Waals surface area (Å²) in [7, 11) is 1.89. The van der Waals surface area contributed by atoms with E-state index in [-0.39, 0.29) is 5.91 Å². The Labute approximate surface area is 132 Å². The van der Waals surface area contributed by atoms with E-state index in [2.05, 4.69) is 24.3 Å². The van der Waals surface area contributed by atoms with Gasteiger partial charge in [0.25, 0.3) is 5.91 Å². The van der Waals surface area contributed by atoms with Crippen molar-refractivity contribution in [2.24, 2.45) is 0 Å². The van der Waals surface area contributed by atoms with E-state index in [1.165, 1.54) is 29.5 Å². The minimum absolute atomic E-state index is 0.129. The predicted octanol–water partition coefficient (Wildman–Crippen LogP) is 3.88. The molecule has 2 nitrogen and oxygen atoms in total. The number of hydrogen-bond acceptors (Lipinski definition) is 1. The van der Waals surface area contributed by atoms with Crippen molar-refractivity contribution in [3.63, 3.8) is 0 Å². The highest BCUT2D eigenvalue weighted by molar-refractivity contribution is 5.94. The fraction of sp³-hybridized carbons (Fsp3) is 0.350. The molecule has 0 unspecified atom stereocenters. The van der Waals surface area contributed by atoms with E-state index in [1.54, 1.807) is 0 Å². The van der Waals surface area contributed by atoms with Crippen molar-refractivity contribution >= 4 is 5.91 Å². The Balaban J connectivity index is 1.65. The standard InChI is InChI=1S/C20H23NO/c1-21(14-13-16-7-3-2-4-8-16)20(22)19-12-11-17-9-5-6-10-18(17)15-19/h2-4,7-8,11-12,15H,5-6,9-10,13-14H2,1H3. The lowest BCUT2D eigenvalue weighted by molar-refractivity contribution is 0.0796. The van der Waals surface area contributed by atoms with Crippen molar-refractivity contribution < 1.29 is 4.79 Å². The Morgan fingerprint density at radius 1 is 1.00 bits per heavy atom. The molecule has 2 heteroatoms. The Hall–Kier alpha value is -2.09. The molecular formula is C20H23NO. The lowest BCUT2D eigenvalue weighted by Crippen LogP contribution is -2.29. The van der Waals surface area contributed by atoms with E-state index in [1.807, 2.05) is 36.2 Å². The maximum absolute atomic E-state index is 12.6. The van der Waals surface area contributed by atoms with Crippen LogP contribution in [0.4, 0.5) is 0 Å². The van der Waals surface area contributed by atoms with Gasteiger partial charge in [0.2, 0.25) is 0 Å². The van der Waals surface area contributed by atoms with Crippen LogP contribution in [0.1, 0.15) is 39.9 Å². The van der Waals surface area contributed by atoms with Gasteiger partial charge in [0, 0.05) is 19.2 Å². The molecule has 0 spiro atoms. The third-order valence-corrected chi connectivity index (χ3v) is 4.52. The topological polar surface area (TPSA) is 20.3 Å². The molecule has 0 saturated heterocycles. The normalized spacial score (nSPS) is 13.5. The van der Waals surface area contributed by atoms with Crippen LogP contribution in [0.15, 0.2) is 48.5 Å². The third-order valence-electron chi connectivity index (χ3n) is 4.52. The molecule has 0 N–H and O–H groups in total. The summed E-state index contributed by atoms with van der Waals surface area (Å²) in [6.07, 6.45) is 5.69. The summed E-state index contributed by atoms with van der Waals surface area (Å²) in [5.41, 5.74) is 4.90. The second-order valence-corrected chi connectivity index (χ2v) is 6.15. The maximum Gasteiger partial charge on any atom is 0.253 e. The molecule has 0 bridgehead atoms. The predicted molar refractivity (Wildman–Crippen MR) is 90.2 cm³/mol. The molecule has 0 radical (unpaired) electrons. The smallest absolute Gasteiger partial charge is 0.253 e. The molecule has 0 fully saturated rings. The molecule has 22 heavy (non-hydrogen) atoms. The van der Waals surface area contributed by atoms with Crippen LogP contribution in [-0.4, -0.2) is 24.4 Å².